The van der Waals surface area contributed by atoms with Crippen LogP contribution in [0.1, 0.15) is 17.3 Å². The normalized spacial score (nSPS) is 32.8. The van der Waals surface area contributed by atoms with Crippen LogP contribution in [0, 0.1) is 5.41 Å². The van der Waals surface area contributed by atoms with Crippen LogP contribution in [0.2, 0.25) is 0 Å². The molecule has 4 bridgehead atoms. The van der Waals surface area contributed by atoms with Crippen molar-refractivity contribution in [1.82, 2.24) is 25.6 Å². The van der Waals surface area contributed by atoms with Crippen molar-refractivity contribution >= 4 is 5.91 Å². The van der Waals surface area contributed by atoms with Crippen LogP contribution in [0.4, 0.5) is 0 Å². The van der Waals surface area contributed by atoms with Crippen molar-refractivity contribution in [3.8, 4) is 0 Å². The van der Waals surface area contributed by atoms with E-state index in [9.17, 15) is 4.79 Å². The molecular formula is C16H21N5O. The lowest BCUT2D eigenvalue weighted by Gasteiger charge is -2.46. The second kappa shape index (κ2) is 5.07. The Labute approximate surface area is 130 Å². The van der Waals surface area contributed by atoms with E-state index < -0.39 is 0 Å². The van der Waals surface area contributed by atoms with E-state index in [4.69, 9.17) is 0 Å². The van der Waals surface area contributed by atoms with Crippen molar-refractivity contribution in [2.24, 2.45) is 5.41 Å². The molecule has 22 heavy (non-hydrogen) atoms. The summed E-state index contributed by atoms with van der Waals surface area (Å²) >= 11 is 0. The number of amides is 1. The van der Waals surface area contributed by atoms with Gasteiger partial charge in [-0.05, 0) is 17.7 Å². The fourth-order valence-corrected chi connectivity index (χ4v) is 4.01. The molecule has 2 unspecified atom stereocenters. The first-order valence-corrected chi connectivity index (χ1v) is 7.78. The van der Waals surface area contributed by atoms with Crippen LogP contribution in [0.5, 0.6) is 0 Å². The lowest BCUT2D eigenvalue weighted by atomic mass is 9.78. The Morgan fingerprint density at radius 3 is 2.41 bits per heavy atom. The topological polar surface area (TPSA) is 60.5 Å². The highest BCUT2D eigenvalue weighted by Crippen LogP contribution is 2.39. The van der Waals surface area contributed by atoms with E-state index in [2.05, 4.69) is 32.6 Å². The molecule has 0 spiro atoms. The van der Waals surface area contributed by atoms with Gasteiger partial charge in [0, 0.05) is 68.3 Å². The molecule has 2 saturated heterocycles. The van der Waals surface area contributed by atoms with Crippen molar-refractivity contribution in [1.29, 1.82) is 0 Å². The Hall–Kier alpha value is -1.92. The number of hydrogen-bond donors (Lipinski definition) is 2. The van der Waals surface area contributed by atoms with Crippen LogP contribution in [0.3, 0.4) is 0 Å². The fraction of sp³-hybridized carbons (Fsp3) is 0.500. The van der Waals surface area contributed by atoms with Gasteiger partial charge < -0.3 is 5.43 Å². The summed E-state index contributed by atoms with van der Waals surface area (Å²) in [6.07, 6.45) is 3.26. The molecule has 0 aromatic carbocycles. The molecule has 4 aliphatic heterocycles. The van der Waals surface area contributed by atoms with Gasteiger partial charge in [-0.3, -0.25) is 25.0 Å². The zero-order valence-corrected chi connectivity index (χ0v) is 12.8. The Morgan fingerprint density at radius 2 is 1.82 bits per heavy atom. The fourth-order valence-electron chi connectivity index (χ4n) is 4.01. The maximum atomic E-state index is 12.2. The van der Waals surface area contributed by atoms with E-state index in [-0.39, 0.29) is 11.3 Å². The molecule has 0 radical (unpaired) electrons. The minimum atomic E-state index is -0.119. The molecule has 5 rings (SSSR count). The number of fused-ring (bicyclic) bond motifs is 1. The second-order valence-electron chi connectivity index (χ2n) is 6.78. The van der Waals surface area contributed by atoms with Crippen LogP contribution in [0.25, 0.3) is 0 Å². The van der Waals surface area contributed by atoms with Crippen molar-refractivity contribution in [3.63, 3.8) is 0 Å². The van der Waals surface area contributed by atoms with E-state index in [1.54, 1.807) is 24.5 Å². The van der Waals surface area contributed by atoms with Gasteiger partial charge >= 0.3 is 0 Å². The SMILES string of the molecule is CC12CN3CCN(CC(=C1NNC(=O)c1ccncc1)C3)C2. The van der Waals surface area contributed by atoms with Gasteiger partial charge in [-0.15, -0.1) is 0 Å². The smallest absolute Gasteiger partial charge is 0.269 e. The molecule has 6 heteroatoms. The molecule has 116 valence electrons. The highest BCUT2D eigenvalue weighted by molar-refractivity contribution is 5.93. The number of nitrogens with zero attached hydrogens (tertiary/aromatic N) is 3. The van der Waals surface area contributed by atoms with Gasteiger partial charge in [0.2, 0.25) is 0 Å². The first-order valence-electron chi connectivity index (χ1n) is 7.78. The van der Waals surface area contributed by atoms with Gasteiger partial charge in [-0.2, -0.15) is 0 Å². The lowest BCUT2D eigenvalue weighted by Crippen LogP contribution is -2.56. The number of nitrogens with one attached hydrogen (secondary N) is 2. The van der Waals surface area contributed by atoms with Crippen LogP contribution < -0.4 is 10.9 Å². The van der Waals surface area contributed by atoms with Crippen molar-refractivity contribution in [2.45, 2.75) is 6.92 Å². The zero-order chi connectivity index (χ0) is 15.2. The summed E-state index contributed by atoms with van der Waals surface area (Å²) in [5.74, 6) is -0.119. The molecular weight excluding hydrogens is 278 g/mol. The summed E-state index contributed by atoms with van der Waals surface area (Å²) in [7, 11) is 0. The van der Waals surface area contributed by atoms with Crippen molar-refractivity contribution in [3.05, 3.63) is 41.4 Å². The van der Waals surface area contributed by atoms with Gasteiger partial charge in [0.15, 0.2) is 0 Å². The van der Waals surface area contributed by atoms with Crippen molar-refractivity contribution < 1.29 is 4.79 Å². The third-order valence-corrected chi connectivity index (χ3v) is 4.91. The largest absolute Gasteiger partial charge is 0.302 e. The average molecular weight is 299 g/mol. The summed E-state index contributed by atoms with van der Waals surface area (Å²) in [4.78, 5) is 21.2. The Morgan fingerprint density at radius 1 is 1.18 bits per heavy atom. The third-order valence-electron chi connectivity index (χ3n) is 4.91. The maximum absolute atomic E-state index is 12.2. The summed E-state index contributed by atoms with van der Waals surface area (Å²) in [5, 5.41) is 0. The Balaban J connectivity index is 1.53. The van der Waals surface area contributed by atoms with Gasteiger partial charge in [0.05, 0.1) is 0 Å². The molecule has 2 N–H and O–H groups in total. The van der Waals surface area contributed by atoms with Crippen LogP contribution in [-0.2, 0) is 0 Å². The van der Waals surface area contributed by atoms with E-state index >= 15 is 0 Å². The standard InChI is InChI=1S/C16H21N5O/c1-16-10-20-6-7-21(11-16)9-13(8-20)14(16)18-19-15(22)12-2-4-17-5-3-12/h2-5,18H,6-11H2,1H3,(H,19,22). The number of pyridine rings is 1. The summed E-state index contributed by atoms with van der Waals surface area (Å²) < 4.78 is 0. The van der Waals surface area contributed by atoms with Gasteiger partial charge in [-0.1, -0.05) is 6.92 Å². The van der Waals surface area contributed by atoms with Gasteiger partial charge in [-0.25, -0.2) is 0 Å². The first-order chi connectivity index (χ1) is 10.6. The number of hydrazine groups is 1. The van der Waals surface area contributed by atoms with E-state index in [0.717, 1.165) is 39.3 Å². The second-order valence-corrected chi connectivity index (χ2v) is 6.78. The number of carbonyl (C=O) groups excluding carboxylic acids is 1. The van der Waals surface area contributed by atoms with E-state index in [1.807, 2.05) is 0 Å². The number of rotatable bonds is 3. The molecule has 1 aromatic rings. The highest BCUT2D eigenvalue weighted by atomic mass is 16.2. The molecule has 2 atom stereocenters. The molecule has 5 heterocycles. The molecule has 4 aliphatic rings. The summed E-state index contributed by atoms with van der Waals surface area (Å²) in [6.45, 7) is 8.73. The van der Waals surface area contributed by atoms with Crippen LogP contribution >= 0.6 is 0 Å². The molecule has 6 nitrogen and oxygen atoms in total. The molecule has 0 aliphatic carbocycles. The summed E-state index contributed by atoms with van der Waals surface area (Å²) in [6, 6.07) is 3.44. The van der Waals surface area contributed by atoms with Crippen LogP contribution in [0.15, 0.2) is 35.8 Å². The monoisotopic (exact) mass is 299 g/mol. The Bertz CT molecular complexity index is 609. The maximum Gasteiger partial charge on any atom is 0.269 e. The molecule has 1 amide bonds. The predicted molar refractivity (Wildman–Crippen MR) is 82.9 cm³/mol. The third kappa shape index (κ3) is 2.28. The Kier molecular flexibility index (Phi) is 3.16. The predicted octanol–water partition coefficient (Wildman–Crippen LogP) is 0.221. The lowest BCUT2D eigenvalue weighted by molar-refractivity contribution is 0.0918. The minimum Gasteiger partial charge on any atom is -0.302 e. The minimum absolute atomic E-state index is 0.0772. The molecule has 1 aromatic heterocycles. The summed E-state index contributed by atoms with van der Waals surface area (Å²) in [5.41, 5.74) is 9.42. The number of carbonyl (C=O) groups is 1. The quantitative estimate of drug-likeness (QED) is 0.782. The zero-order valence-electron chi connectivity index (χ0n) is 12.8. The highest BCUT2D eigenvalue weighted by Gasteiger charge is 2.45. The average Bonchev–Trinajstić information content (AvgIpc) is 2.74. The molecule has 2 fully saturated rings. The molecule has 0 saturated carbocycles. The van der Waals surface area contributed by atoms with E-state index in [0.29, 0.717) is 5.56 Å². The van der Waals surface area contributed by atoms with Gasteiger partial charge in [0.1, 0.15) is 0 Å². The van der Waals surface area contributed by atoms with Crippen LogP contribution in [-0.4, -0.2) is 60.0 Å². The van der Waals surface area contributed by atoms with Crippen molar-refractivity contribution in [2.75, 3.05) is 39.3 Å². The number of hydrogen-bond acceptors (Lipinski definition) is 5. The van der Waals surface area contributed by atoms with E-state index in [1.165, 1.54) is 11.3 Å². The first kappa shape index (κ1) is 13.7. The van der Waals surface area contributed by atoms with Gasteiger partial charge in [0.25, 0.3) is 5.91 Å². The number of aromatic nitrogens is 1.